The Hall–Kier alpha value is -3.18. The highest BCUT2D eigenvalue weighted by atomic mass is 35.5. The number of aryl methyl sites for hydroxylation is 1. The number of rotatable bonds is 5. The quantitative estimate of drug-likeness (QED) is 0.373. The second-order valence-corrected chi connectivity index (χ2v) is 9.66. The zero-order valence-electron chi connectivity index (χ0n) is 19.9. The monoisotopic (exact) mass is 574 g/mol. The number of hydrogen-bond donors (Lipinski definition) is 2. The van der Waals surface area contributed by atoms with Crippen LogP contribution >= 0.6 is 23.2 Å². The molecule has 3 aromatic rings. The summed E-state index contributed by atoms with van der Waals surface area (Å²) in [5.74, 6) is -4.13. The predicted molar refractivity (Wildman–Crippen MR) is 133 cm³/mol. The minimum atomic E-state index is -4.99. The molecule has 1 aliphatic heterocycles. The molecule has 0 bridgehead atoms. The van der Waals surface area contributed by atoms with Gasteiger partial charge in [0.2, 0.25) is 11.7 Å². The number of carbonyl (C=O) groups excluding carboxylic acids is 1. The molecule has 0 unspecified atom stereocenters. The van der Waals surface area contributed by atoms with Crippen LogP contribution in [-0.4, -0.2) is 29.0 Å². The van der Waals surface area contributed by atoms with Gasteiger partial charge in [-0.1, -0.05) is 29.3 Å². The van der Waals surface area contributed by atoms with E-state index in [1.807, 2.05) is 16.0 Å². The SMILES string of the molecule is Cc1nc(-c2c(C(F)(F)F)ccc(CNC(=O)C3CCN(c4ccc(Cl)c(Cl)c4)CC3)c2F)[nH]c(=O)c1F. The molecule has 0 aliphatic carbocycles. The Morgan fingerprint density at radius 3 is 2.39 bits per heavy atom. The molecular formula is C25H21Cl2F5N4O2. The fourth-order valence-electron chi connectivity index (χ4n) is 4.32. The molecule has 38 heavy (non-hydrogen) atoms. The molecule has 2 N–H and O–H groups in total. The second-order valence-electron chi connectivity index (χ2n) is 8.85. The maximum Gasteiger partial charge on any atom is 0.417 e. The number of nitrogens with one attached hydrogen (secondary N) is 2. The summed E-state index contributed by atoms with van der Waals surface area (Å²) in [4.78, 5) is 32.1. The van der Waals surface area contributed by atoms with Crippen LogP contribution in [0.25, 0.3) is 11.4 Å². The molecule has 6 nitrogen and oxygen atoms in total. The van der Waals surface area contributed by atoms with Crippen molar-refractivity contribution in [2.45, 2.75) is 32.5 Å². The van der Waals surface area contributed by atoms with E-state index in [0.29, 0.717) is 42.0 Å². The zero-order valence-corrected chi connectivity index (χ0v) is 21.4. The molecule has 2 heterocycles. The smallest absolute Gasteiger partial charge is 0.371 e. The number of aromatic amines is 1. The van der Waals surface area contributed by atoms with E-state index in [2.05, 4.69) is 10.3 Å². The molecule has 1 aromatic heterocycles. The topological polar surface area (TPSA) is 78.1 Å². The average Bonchev–Trinajstić information content (AvgIpc) is 2.87. The highest BCUT2D eigenvalue weighted by molar-refractivity contribution is 6.42. The summed E-state index contributed by atoms with van der Waals surface area (Å²) in [7, 11) is 0. The van der Waals surface area contributed by atoms with Crippen molar-refractivity contribution in [1.82, 2.24) is 15.3 Å². The molecule has 1 fully saturated rings. The molecular weight excluding hydrogens is 554 g/mol. The van der Waals surface area contributed by atoms with Crippen molar-refractivity contribution in [3.8, 4) is 11.4 Å². The van der Waals surface area contributed by atoms with Crippen LogP contribution in [0.1, 0.15) is 29.7 Å². The Morgan fingerprint density at radius 2 is 1.79 bits per heavy atom. The first kappa shape index (κ1) is 27.8. The van der Waals surface area contributed by atoms with Gasteiger partial charge in [-0.05, 0) is 44.0 Å². The molecule has 2 aromatic carbocycles. The van der Waals surface area contributed by atoms with E-state index in [0.717, 1.165) is 18.7 Å². The zero-order chi connectivity index (χ0) is 27.8. The van der Waals surface area contributed by atoms with E-state index in [1.54, 1.807) is 12.1 Å². The van der Waals surface area contributed by atoms with E-state index < -0.39 is 52.6 Å². The summed E-state index contributed by atoms with van der Waals surface area (Å²) in [6.07, 6.45) is -4.00. The lowest BCUT2D eigenvalue weighted by Gasteiger charge is -2.33. The van der Waals surface area contributed by atoms with Crippen molar-refractivity contribution in [2.24, 2.45) is 5.92 Å². The van der Waals surface area contributed by atoms with E-state index in [1.165, 1.54) is 0 Å². The summed E-state index contributed by atoms with van der Waals surface area (Å²) in [5.41, 5.74) is -3.62. The third-order valence-corrected chi connectivity index (χ3v) is 7.12. The Bertz CT molecular complexity index is 1440. The van der Waals surface area contributed by atoms with Crippen molar-refractivity contribution < 1.29 is 26.7 Å². The van der Waals surface area contributed by atoms with Gasteiger partial charge >= 0.3 is 6.18 Å². The Labute approximate surface area is 223 Å². The number of aromatic nitrogens is 2. The first-order valence-corrected chi connectivity index (χ1v) is 12.3. The van der Waals surface area contributed by atoms with Crippen LogP contribution < -0.4 is 15.8 Å². The first-order valence-electron chi connectivity index (χ1n) is 11.5. The Morgan fingerprint density at radius 1 is 1.11 bits per heavy atom. The van der Waals surface area contributed by atoms with Crippen molar-refractivity contribution >= 4 is 34.8 Å². The number of alkyl halides is 3. The van der Waals surface area contributed by atoms with Crippen molar-refractivity contribution in [3.63, 3.8) is 0 Å². The van der Waals surface area contributed by atoms with E-state index in [9.17, 15) is 27.2 Å². The number of H-pyrrole nitrogens is 1. The fourth-order valence-corrected chi connectivity index (χ4v) is 4.61. The van der Waals surface area contributed by atoms with Gasteiger partial charge in [0.05, 0.1) is 26.9 Å². The normalized spacial score (nSPS) is 14.6. The maximum absolute atomic E-state index is 15.4. The van der Waals surface area contributed by atoms with Crippen LogP contribution in [0.15, 0.2) is 35.1 Å². The molecule has 4 rings (SSSR count). The summed E-state index contributed by atoms with van der Waals surface area (Å²) in [6.45, 7) is 1.79. The van der Waals surface area contributed by atoms with Gasteiger partial charge in [-0.3, -0.25) is 9.59 Å². The van der Waals surface area contributed by atoms with Gasteiger partial charge < -0.3 is 15.2 Å². The van der Waals surface area contributed by atoms with Gasteiger partial charge in [0, 0.05) is 36.8 Å². The van der Waals surface area contributed by atoms with E-state index in [4.69, 9.17) is 23.2 Å². The predicted octanol–water partition coefficient (Wildman–Crippen LogP) is 5.88. The molecule has 1 saturated heterocycles. The lowest BCUT2D eigenvalue weighted by Crippen LogP contribution is -2.40. The molecule has 0 atom stereocenters. The van der Waals surface area contributed by atoms with Crippen LogP contribution in [-0.2, 0) is 17.5 Å². The van der Waals surface area contributed by atoms with Crippen LogP contribution in [0.2, 0.25) is 10.0 Å². The first-order chi connectivity index (χ1) is 17.9. The maximum atomic E-state index is 15.4. The minimum absolute atomic E-state index is 0.251. The largest absolute Gasteiger partial charge is 0.417 e. The van der Waals surface area contributed by atoms with Crippen LogP contribution in [0.5, 0.6) is 0 Å². The third-order valence-electron chi connectivity index (χ3n) is 6.38. The number of amides is 1. The average molecular weight is 575 g/mol. The van der Waals surface area contributed by atoms with Gasteiger partial charge in [0.15, 0.2) is 0 Å². The van der Waals surface area contributed by atoms with Crippen molar-refractivity contribution in [2.75, 3.05) is 18.0 Å². The van der Waals surface area contributed by atoms with Crippen molar-refractivity contribution in [1.29, 1.82) is 0 Å². The van der Waals surface area contributed by atoms with E-state index >= 15 is 4.39 Å². The van der Waals surface area contributed by atoms with E-state index in [-0.39, 0.29) is 17.4 Å². The fraction of sp³-hybridized carbons (Fsp3) is 0.320. The standard InChI is InChI=1S/C25H21Cl2F5N4O2/c1-12-20(28)24(38)35-22(34-12)19-16(25(30,31)32)4-2-14(21(19)29)11-33-23(37)13-6-8-36(9-7-13)15-3-5-17(26)18(27)10-15/h2-5,10,13H,6-9,11H2,1H3,(H,33,37)(H,34,35,38). The number of hydrogen-bond acceptors (Lipinski definition) is 4. The van der Waals surface area contributed by atoms with Gasteiger partial charge in [0.1, 0.15) is 11.6 Å². The molecule has 0 saturated carbocycles. The molecule has 0 spiro atoms. The number of benzene rings is 2. The number of carbonyl (C=O) groups is 1. The Kier molecular flexibility index (Phi) is 7.98. The third kappa shape index (κ3) is 5.78. The molecule has 1 aliphatic rings. The number of piperidine rings is 1. The van der Waals surface area contributed by atoms with Gasteiger partial charge in [-0.15, -0.1) is 0 Å². The lowest BCUT2D eigenvalue weighted by molar-refractivity contribution is -0.137. The molecule has 1 amide bonds. The van der Waals surface area contributed by atoms with Gasteiger partial charge in [-0.25, -0.2) is 9.37 Å². The minimum Gasteiger partial charge on any atom is -0.371 e. The Balaban J connectivity index is 1.50. The highest BCUT2D eigenvalue weighted by Crippen LogP contribution is 2.38. The highest BCUT2D eigenvalue weighted by Gasteiger charge is 2.37. The number of halogens is 7. The van der Waals surface area contributed by atoms with Crippen LogP contribution in [0.3, 0.4) is 0 Å². The molecule has 0 radical (unpaired) electrons. The number of nitrogens with zero attached hydrogens (tertiary/aromatic N) is 2. The summed E-state index contributed by atoms with van der Waals surface area (Å²) in [6, 6.07) is 6.78. The summed E-state index contributed by atoms with van der Waals surface area (Å²) < 4.78 is 70.0. The molecule has 13 heteroatoms. The molecule has 202 valence electrons. The second kappa shape index (κ2) is 10.9. The summed E-state index contributed by atoms with van der Waals surface area (Å²) in [5, 5.41) is 3.42. The van der Waals surface area contributed by atoms with Crippen LogP contribution in [0, 0.1) is 24.5 Å². The van der Waals surface area contributed by atoms with Gasteiger partial charge in [-0.2, -0.15) is 17.6 Å². The number of anilines is 1. The summed E-state index contributed by atoms with van der Waals surface area (Å²) >= 11 is 12.0. The van der Waals surface area contributed by atoms with Gasteiger partial charge in [0.25, 0.3) is 5.56 Å². The lowest BCUT2D eigenvalue weighted by atomic mass is 9.95. The van der Waals surface area contributed by atoms with Crippen molar-refractivity contribution in [3.05, 3.63) is 79.2 Å². The van der Waals surface area contributed by atoms with Crippen LogP contribution in [0.4, 0.5) is 27.6 Å².